The monoisotopic (exact) mass is 482 g/mol. The highest BCUT2D eigenvalue weighted by Gasteiger charge is 2.40. The van der Waals surface area contributed by atoms with Crippen molar-refractivity contribution < 1.29 is 19.1 Å². The minimum absolute atomic E-state index is 0.425. The van der Waals surface area contributed by atoms with E-state index < -0.39 is 29.4 Å². The number of amides is 1. The van der Waals surface area contributed by atoms with Gasteiger partial charge >= 0.3 is 12.2 Å². The number of ether oxygens (including phenoxy) is 2. The van der Waals surface area contributed by atoms with Crippen LogP contribution in [0.3, 0.4) is 0 Å². The quantitative estimate of drug-likeness (QED) is 0.376. The van der Waals surface area contributed by atoms with E-state index in [0.717, 1.165) is 16.5 Å². The highest BCUT2D eigenvalue weighted by molar-refractivity contribution is 6.31. The first-order valence-corrected chi connectivity index (χ1v) is 11.8. The first-order chi connectivity index (χ1) is 15.9. The maximum absolute atomic E-state index is 13.5. The minimum atomic E-state index is -0.686. The Morgan fingerprint density at radius 3 is 2.15 bits per heavy atom. The fourth-order valence-electron chi connectivity index (χ4n) is 4.40. The van der Waals surface area contributed by atoms with E-state index in [1.807, 2.05) is 84.0 Å². The molecule has 1 unspecified atom stereocenters. The zero-order chi connectivity index (χ0) is 24.8. The summed E-state index contributed by atoms with van der Waals surface area (Å²) >= 11 is 6.35. The van der Waals surface area contributed by atoms with Crippen molar-refractivity contribution in [3.05, 3.63) is 70.4 Å². The van der Waals surface area contributed by atoms with Crippen molar-refractivity contribution in [2.75, 3.05) is 6.54 Å². The number of halogens is 1. The summed E-state index contributed by atoms with van der Waals surface area (Å²) in [6.45, 7) is 11.5. The predicted molar refractivity (Wildman–Crippen MR) is 134 cm³/mol. The van der Waals surface area contributed by atoms with Crippen molar-refractivity contribution in [3.8, 4) is 0 Å². The van der Waals surface area contributed by atoms with E-state index in [2.05, 4.69) is 0 Å². The number of hydrogen-bond donors (Lipinski definition) is 0. The van der Waals surface area contributed by atoms with Gasteiger partial charge in [-0.2, -0.15) is 0 Å². The lowest BCUT2D eigenvalue weighted by atomic mass is 9.92. The number of hydrogen-bond acceptors (Lipinski definition) is 4. The highest BCUT2D eigenvalue weighted by Crippen LogP contribution is 2.42. The standard InChI is InChI=1S/C27H31ClN2O4/c1-26(2,3)33-24(31)29-15-14-19-20-16-18(28)12-13-21(20)30(25(32)34-27(4,5)6)23(19)22(29)17-10-8-7-9-11-17/h7-13,16,22H,14-15H2,1-6H3. The maximum Gasteiger partial charge on any atom is 0.419 e. The third kappa shape index (κ3) is 4.78. The van der Waals surface area contributed by atoms with Crippen LogP contribution in [0.4, 0.5) is 9.59 Å². The normalized spacial score (nSPS) is 16.3. The summed E-state index contributed by atoms with van der Waals surface area (Å²) < 4.78 is 13.2. The van der Waals surface area contributed by atoms with Gasteiger partial charge in [0.1, 0.15) is 17.2 Å². The van der Waals surface area contributed by atoms with Crippen LogP contribution in [0.15, 0.2) is 48.5 Å². The van der Waals surface area contributed by atoms with Crippen molar-refractivity contribution >= 4 is 34.7 Å². The SMILES string of the molecule is CC(C)(C)OC(=O)N1CCc2c(n(C(=O)OC(C)(C)C)c3ccc(Cl)cc23)C1c1ccccc1. The molecule has 180 valence electrons. The molecule has 0 spiro atoms. The Hall–Kier alpha value is -2.99. The Kier molecular flexibility index (Phi) is 6.15. The van der Waals surface area contributed by atoms with Gasteiger partial charge in [0.2, 0.25) is 0 Å². The Bertz CT molecular complexity index is 1240. The van der Waals surface area contributed by atoms with E-state index in [0.29, 0.717) is 29.2 Å². The van der Waals surface area contributed by atoms with Crippen LogP contribution in [-0.2, 0) is 15.9 Å². The molecule has 0 bridgehead atoms. The molecule has 34 heavy (non-hydrogen) atoms. The van der Waals surface area contributed by atoms with E-state index in [4.69, 9.17) is 21.1 Å². The lowest BCUT2D eigenvalue weighted by Crippen LogP contribution is -2.44. The molecule has 0 saturated carbocycles. The zero-order valence-electron chi connectivity index (χ0n) is 20.5. The molecular formula is C27H31ClN2O4. The third-order valence-electron chi connectivity index (χ3n) is 5.57. The predicted octanol–water partition coefficient (Wildman–Crippen LogP) is 6.96. The number of aromatic nitrogens is 1. The van der Waals surface area contributed by atoms with E-state index in [-0.39, 0.29) is 0 Å². The van der Waals surface area contributed by atoms with Crippen molar-refractivity contribution in [1.82, 2.24) is 9.47 Å². The summed E-state index contributed by atoms with van der Waals surface area (Å²) in [6.07, 6.45) is -0.357. The average molecular weight is 483 g/mol. The van der Waals surface area contributed by atoms with Gasteiger partial charge in [0, 0.05) is 17.0 Å². The number of benzene rings is 2. The second-order valence-electron chi connectivity index (χ2n) is 10.6. The van der Waals surface area contributed by atoms with Gasteiger partial charge < -0.3 is 9.47 Å². The van der Waals surface area contributed by atoms with Crippen molar-refractivity contribution in [2.24, 2.45) is 0 Å². The summed E-state index contributed by atoms with van der Waals surface area (Å²) in [4.78, 5) is 28.6. The second-order valence-corrected chi connectivity index (χ2v) is 11.0. The number of carbonyl (C=O) groups excluding carboxylic acids is 2. The number of carbonyl (C=O) groups is 2. The largest absolute Gasteiger partial charge is 0.444 e. The molecule has 1 atom stereocenters. The Morgan fingerprint density at radius 2 is 1.53 bits per heavy atom. The van der Waals surface area contributed by atoms with Gasteiger partial charge in [0.05, 0.1) is 11.2 Å². The molecule has 7 heteroatoms. The molecule has 0 fully saturated rings. The van der Waals surface area contributed by atoms with Crippen molar-refractivity contribution in [2.45, 2.75) is 65.2 Å². The fourth-order valence-corrected chi connectivity index (χ4v) is 4.57. The molecule has 1 aliphatic rings. The Balaban J connectivity index is 1.98. The smallest absolute Gasteiger partial charge is 0.419 e. The number of nitrogens with zero attached hydrogens (tertiary/aromatic N) is 2. The topological polar surface area (TPSA) is 60.8 Å². The maximum atomic E-state index is 13.5. The highest BCUT2D eigenvalue weighted by atomic mass is 35.5. The van der Waals surface area contributed by atoms with Gasteiger partial charge in [-0.1, -0.05) is 41.9 Å². The van der Waals surface area contributed by atoms with Gasteiger partial charge in [0.15, 0.2) is 0 Å². The van der Waals surface area contributed by atoms with Crippen LogP contribution in [0.25, 0.3) is 10.9 Å². The van der Waals surface area contributed by atoms with Crippen LogP contribution in [-0.4, -0.2) is 39.4 Å². The molecule has 1 aliphatic heterocycles. The van der Waals surface area contributed by atoms with E-state index in [1.54, 1.807) is 15.5 Å². The van der Waals surface area contributed by atoms with Gasteiger partial charge in [-0.3, -0.25) is 4.90 Å². The molecule has 6 nitrogen and oxygen atoms in total. The molecule has 1 amide bonds. The molecule has 2 heterocycles. The van der Waals surface area contributed by atoms with Crippen LogP contribution < -0.4 is 0 Å². The number of fused-ring (bicyclic) bond motifs is 3. The average Bonchev–Trinajstić information content (AvgIpc) is 3.05. The molecule has 2 aromatic carbocycles. The molecule has 0 radical (unpaired) electrons. The van der Waals surface area contributed by atoms with Crippen LogP contribution in [0.1, 0.15) is 64.4 Å². The Morgan fingerprint density at radius 1 is 0.912 bits per heavy atom. The molecule has 1 aromatic heterocycles. The molecule has 0 N–H and O–H groups in total. The van der Waals surface area contributed by atoms with E-state index in [1.165, 1.54) is 0 Å². The van der Waals surface area contributed by atoms with Gasteiger partial charge in [0.25, 0.3) is 0 Å². The molecule has 0 saturated heterocycles. The fraction of sp³-hybridized carbons (Fsp3) is 0.407. The summed E-state index contributed by atoms with van der Waals surface area (Å²) in [7, 11) is 0. The van der Waals surface area contributed by atoms with E-state index >= 15 is 0 Å². The van der Waals surface area contributed by atoms with Crippen molar-refractivity contribution in [3.63, 3.8) is 0 Å². The Labute approximate surface area is 205 Å². The van der Waals surface area contributed by atoms with Crippen LogP contribution in [0.2, 0.25) is 5.02 Å². The third-order valence-corrected chi connectivity index (χ3v) is 5.80. The lowest BCUT2D eigenvalue weighted by molar-refractivity contribution is 0.0164. The first-order valence-electron chi connectivity index (χ1n) is 11.5. The van der Waals surface area contributed by atoms with Gasteiger partial charge in [-0.05, 0) is 77.3 Å². The molecule has 4 rings (SSSR count). The van der Waals surface area contributed by atoms with E-state index in [9.17, 15) is 9.59 Å². The zero-order valence-corrected chi connectivity index (χ0v) is 21.3. The molecule has 0 aliphatic carbocycles. The second kappa shape index (κ2) is 8.66. The molecular weight excluding hydrogens is 452 g/mol. The molecule has 3 aromatic rings. The summed E-state index contributed by atoms with van der Waals surface area (Å²) in [6, 6.07) is 14.6. The van der Waals surface area contributed by atoms with Gasteiger partial charge in [-0.15, -0.1) is 0 Å². The minimum Gasteiger partial charge on any atom is -0.444 e. The van der Waals surface area contributed by atoms with Crippen LogP contribution in [0.5, 0.6) is 0 Å². The number of rotatable bonds is 1. The first kappa shape index (κ1) is 24.1. The summed E-state index contributed by atoms with van der Waals surface area (Å²) in [5, 5.41) is 1.47. The van der Waals surface area contributed by atoms with Crippen LogP contribution in [0, 0.1) is 0 Å². The summed E-state index contributed by atoms with van der Waals surface area (Å²) in [5.41, 5.74) is 1.94. The van der Waals surface area contributed by atoms with Crippen LogP contribution >= 0.6 is 11.6 Å². The van der Waals surface area contributed by atoms with Crippen molar-refractivity contribution in [1.29, 1.82) is 0 Å². The summed E-state index contributed by atoms with van der Waals surface area (Å²) in [5.74, 6) is 0. The van der Waals surface area contributed by atoms with Gasteiger partial charge in [-0.25, -0.2) is 14.2 Å². The lowest BCUT2D eigenvalue weighted by Gasteiger charge is -2.38.